The molecule has 0 radical (unpaired) electrons. The molecule has 0 bridgehead atoms. The van der Waals surface area contributed by atoms with Crippen molar-refractivity contribution in [1.82, 2.24) is 4.90 Å². The van der Waals surface area contributed by atoms with Crippen LogP contribution in [0.3, 0.4) is 0 Å². The van der Waals surface area contributed by atoms with Crippen molar-refractivity contribution in [2.24, 2.45) is 4.99 Å². The van der Waals surface area contributed by atoms with Gasteiger partial charge in [-0.25, -0.2) is 9.38 Å². The van der Waals surface area contributed by atoms with Crippen LogP contribution in [-0.4, -0.2) is 24.0 Å². The summed E-state index contributed by atoms with van der Waals surface area (Å²) in [6, 6.07) is 10.3. The molecule has 2 aromatic rings. The van der Waals surface area contributed by atoms with E-state index in [0.29, 0.717) is 21.8 Å². The predicted molar refractivity (Wildman–Crippen MR) is 94.4 cm³/mol. The first-order chi connectivity index (χ1) is 12.3. The summed E-state index contributed by atoms with van der Waals surface area (Å²) in [5.41, 5.74) is 0.285. The van der Waals surface area contributed by atoms with Crippen LogP contribution in [0.5, 0.6) is 0 Å². The second-order valence-corrected chi connectivity index (χ2v) is 6.45. The Bertz CT molecular complexity index is 846. The van der Waals surface area contributed by atoms with E-state index < -0.39 is 24.1 Å². The normalized spacial score (nSPS) is 19.3. The Morgan fingerprint density at radius 1 is 1.15 bits per heavy atom. The SMILES string of the molecule is C=CCC1(c2ccc(F)cc2)c2cc(Cl)ccc2N=CN1CC(F)(F)F. The molecular formula is C19H15ClF4N2. The zero-order chi connectivity index (χ0) is 18.9. The van der Waals surface area contributed by atoms with Gasteiger partial charge in [-0.3, -0.25) is 0 Å². The number of alkyl halides is 3. The zero-order valence-corrected chi connectivity index (χ0v) is 14.4. The van der Waals surface area contributed by atoms with Crippen LogP contribution in [-0.2, 0) is 5.54 Å². The maximum absolute atomic E-state index is 13.4. The van der Waals surface area contributed by atoms with Crippen LogP contribution < -0.4 is 0 Å². The Morgan fingerprint density at radius 3 is 2.46 bits per heavy atom. The van der Waals surface area contributed by atoms with Gasteiger partial charge in [-0.15, -0.1) is 6.58 Å². The Balaban J connectivity index is 2.29. The third kappa shape index (κ3) is 3.33. The van der Waals surface area contributed by atoms with Gasteiger partial charge in [-0.05, 0) is 42.3 Å². The summed E-state index contributed by atoms with van der Waals surface area (Å²) in [7, 11) is 0. The Morgan fingerprint density at radius 2 is 1.85 bits per heavy atom. The average Bonchev–Trinajstić information content (AvgIpc) is 2.57. The summed E-state index contributed by atoms with van der Waals surface area (Å²) in [6.45, 7) is 2.50. The van der Waals surface area contributed by atoms with Gasteiger partial charge in [0.2, 0.25) is 0 Å². The van der Waals surface area contributed by atoms with E-state index in [0.717, 1.165) is 4.90 Å². The molecule has 0 saturated heterocycles. The van der Waals surface area contributed by atoms with Crippen LogP contribution in [0.1, 0.15) is 17.5 Å². The van der Waals surface area contributed by atoms with Crippen LogP contribution in [0, 0.1) is 5.82 Å². The highest BCUT2D eigenvalue weighted by Crippen LogP contribution is 2.47. The van der Waals surface area contributed by atoms with E-state index in [9.17, 15) is 17.6 Å². The molecule has 1 unspecified atom stereocenters. The van der Waals surface area contributed by atoms with Crippen LogP contribution in [0.4, 0.5) is 23.2 Å². The van der Waals surface area contributed by atoms with Crippen molar-refractivity contribution in [1.29, 1.82) is 0 Å². The molecule has 1 aliphatic heterocycles. The lowest BCUT2D eigenvalue weighted by molar-refractivity contribution is -0.145. The first-order valence-electron chi connectivity index (χ1n) is 7.81. The largest absolute Gasteiger partial charge is 0.405 e. The van der Waals surface area contributed by atoms with Gasteiger partial charge >= 0.3 is 6.18 Å². The molecule has 0 amide bonds. The lowest BCUT2D eigenvalue weighted by Gasteiger charge is -2.46. The van der Waals surface area contributed by atoms with Gasteiger partial charge in [0, 0.05) is 10.6 Å². The molecule has 26 heavy (non-hydrogen) atoms. The predicted octanol–water partition coefficient (Wildman–Crippen LogP) is 5.84. The zero-order valence-electron chi connectivity index (χ0n) is 13.6. The van der Waals surface area contributed by atoms with Crippen LogP contribution in [0.15, 0.2) is 60.1 Å². The molecule has 0 aromatic heterocycles. The average molecular weight is 383 g/mol. The van der Waals surface area contributed by atoms with Gasteiger partial charge in [0.15, 0.2) is 0 Å². The minimum Gasteiger partial charge on any atom is -0.339 e. The molecule has 1 aliphatic rings. The fourth-order valence-corrected chi connectivity index (χ4v) is 3.48. The summed E-state index contributed by atoms with van der Waals surface area (Å²) in [6.07, 6.45) is -1.57. The van der Waals surface area contributed by atoms with E-state index in [4.69, 9.17) is 11.6 Å². The Kier molecular flexibility index (Phi) is 4.80. The van der Waals surface area contributed by atoms with E-state index in [1.807, 2.05) is 0 Å². The van der Waals surface area contributed by atoms with Gasteiger partial charge in [-0.1, -0.05) is 29.8 Å². The maximum atomic E-state index is 13.4. The molecule has 0 spiro atoms. The van der Waals surface area contributed by atoms with Crippen molar-refractivity contribution in [3.8, 4) is 0 Å². The van der Waals surface area contributed by atoms with Crippen molar-refractivity contribution >= 4 is 23.6 Å². The van der Waals surface area contributed by atoms with E-state index in [1.165, 1.54) is 36.7 Å². The molecule has 1 atom stereocenters. The first-order valence-corrected chi connectivity index (χ1v) is 8.19. The van der Waals surface area contributed by atoms with Gasteiger partial charge < -0.3 is 4.90 Å². The van der Waals surface area contributed by atoms with Crippen molar-refractivity contribution in [2.75, 3.05) is 6.54 Å². The number of fused-ring (bicyclic) bond motifs is 1. The fraction of sp³-hybridized carbons (Fsp3) is 0.211. The number of aliphatic imine (C=N–C) groups is 1. The summed E-state index contributed by atoms with van der Waals surface area (Å²) in [5.74, 6) is -0.472. The molecule has 1 heterocycles. The Labute approximate surface area is 153 Å². The molecule has 0 saturated carbocycles. The third-order valence-corrected chi connectivity index (χ3v) is 4.58. The molecular weight excluding hydrogens is 368 g/mol. The van der Waals surface area contributed by atoms with Crippen molar-refractivity contribution < 1.29 is 17.6 Å². The molecule has 3 rings (SSSR count). The topological polar surface area (TPSA) is 15.6 Å². The summed E-state index contributed by atoms with van der Waals surface area (Å²) in [5, 5.41) is 0.378. The second kappa shape index (κ2) is 6.76. The van der Waals surface area contributed by atoms with Gasteiger partial charge in [-0.2, -0.15) is 13.2 Å². The smallest absolute Gasteiger partial charge is 0.339 e. The quantitative estimate of drug-likeness (QED) is 0.479. The summed E-state index contributed by atoms with van der Waals surface area (Å²) in [4.78, 5) is 5.27. The van der Waals surface area contributed by atoms with Gasteiger partial charge in [0.05, 0.1) is 17.6 Å². The molecule has 0 N–H and O–H groups in total. The number of nitrogens with zero attached hydrogens (tertiary/aromatic N) is 2. The molecule has 136 valence electrons. The summed E-state index contributed by atoms with van der Waals surface area (Å²) >= 11 is 6.12. The van der Waals surface area contributed by atoms with E-state index in [1.54, 1.807) is 18.2 Å². The Hall–Kier alpha value is -2.34. The third-order valence-electron chi connectivity index (χ3n) is 4.34. The number of hydrogen-bond acceptors (Lipinski definition) is 2. The number of benzene rings is 2. The summed E-state index contributed by atoms with van der Waals surface area (Å²) < 4.78 is 53.2. The van der Waals surface area contributed by atoms with Crippen molar-refractivity contribution in [3.05, 3.63) is 77.1 Å². The van der Waals surface area contributed by atoms with E-state index >= 15 is 0 Å². The monoisotopic (exact) mass is 382 g/mol. The van der Waals surface area contributed by atoms with Crippen LogP contribution in [0.25, 0.3) is 0 Å². The highest BCUT2D eigenvalue weighted by molar-refractivity contribution is 6.30. The number of hydrogen-bond donors (Lipinski definition) is 0. The van der Waals surface area contributed by atoms with Crippen LogP contribution in [0.2, 0.25) is 5.02 Å². The second-order valence-electron chi connectivity index (χ2n) is 6.01. The highest BCUT2D eigenvalue weighted by atomic mass is 35.5. The lowest BCUT2D eigenvalue weighted by Crippen LogP contribution is -2.51. The number of rotatable bonds is 4. The fourth-order valence-electron chi connectivity index (χ4n) is 3.31. The molecule has 7 heteroatoms. The van der Waals surface area contributed by atoms with Crippen molar-refractivity contribution in [3.63, 3.8) is 0 Å². The molecule has 0 aliphatic carbocycles. The molecule has 2 nitrogen and oxygen atoms in total. The number of halogens is 5. The van der Waals surface area contributed by atoms with Crippen LogP contribution >= 0.6 is 11.6 Å². The standard InChI is InChI=1S/C19H15ClF4N2/c1-2-9-18(13-3-6-15(21)7-4-13)16-10-14(20)5-8-17(16)25-12-26(18)11-19(22,23)24/h2-8,10,12H,1,9,11H2. The lowest BCUT2D eigenvalue weighted by atomic mass is 9.77. The molecule has 2 aromatic carbocycles. The van der Waals surface area contributed by atoms with Gasteiger partial charge in [0.25, 0.3) is 0 Å². The minimum atomic E-state index is -4.45. The van der Waals surface area contributed by atoms with E-state index in [-0.39, 0.29) is 6.42 Å². The highest BCUT2D eigenvalue weighted by Gasteiger charge is 2.46. The maximum Gasteiger partial charge on any atom is 0.405 e. The van der Waals surface area contributed by atoms with Crippen molar-refractivity contribution in [2.45, 2.75) is 18.1 Å². The molecule has 0 fully saturated rings. The van der Waals surface area contributed by atoms with E-state index in [2.05, 4.69) is 11.6 Å². The van der Waals surface area contributed by atoms with Gasteiger partial charge in [0.1, 0.15) is 12.4 Å². The first kappa shape index (κ1) is 18.5. The minimum absolute atomic E-state index is 0.161.